The number of imide groups is 1. The van der Waals surface area contributed by atoms with Gasteiger partial charge in [-0.15, -0.1) is 0 Å². The van der Waals surface area contributed by atoms with Crippen molar-refractivity contribution in [3.8, 4) is 0 Å². The molecule has 0 aromatic heterocycles. The van der Waals surface area contributed by atoms with Gasteiger partial charge >= 0.3 is 5.97 Å². The second kappa shape index (κ2) is 11.5. The lowest BCUT2D eigenvalue weighted by molar-refractivity contribution is -0.137. The SMILES string of the molecule is CCOC(=O)C1=C(c2ccccc2)SC(=C2C(=S)C(C)(C)N(C(=O)CN3C(=O)c4ccccc4C3=O)c3cc(C)ccc32)S1. The number of rotatable bonds is 5. The first-order valence-corrected chi connectivity index (χ1v) is 16.1. The third-order valence-electron chi connectivity index (χ3n) is 7.72. The van der Waals surface area contributed by atoms with Gasteiger partial charge in [-0.1, -0.05) is 90.3 Å². The van der Waals surface area contributed by atoms with Crippen LogP contribution < -0.4 is 4.90 Å². The minimum Gasteiger partial charge on any atom is -0.462 e. The standard InChI is InChI=1S/C34H28N2O5S3/c1-5-41-32(40)28-27(20-11-7-6-8-12-20)43-33(44-28)26-23-16-15-19(2)17-24(23)36(34(3,4)29(26)42)25(37)18-35-30(38)21-13-9-10-14-22(21)31(35)39/h6-17H,5,18H2,1-4H3. The number of anilines is 1. The highest BCUT2D eigenvalue weighted by atomic mass is 32.2. The fourth-order valence-electron chi connectivity index (χ4n) is 5.62. The number of fused-ring (bicyclic) bond motifs is 2. The van der Waals surface area contributed by atoms with Crippen LogP contribution in [0.5, 0.6) is 0 Å². The summed E-state index contributed by atoms with van der Waals surface area (Å²) < 4.78 is 6.24. The van der Waals surface area contributed by atoms with Crippen LogP contribution in [0.3, 0.4) is 0 Å². The number of hydrogen-bond donors (Lipinski definition) is 0. The first-order chi connectivity index (χ1) is 21.0. The van der Waals surface area contributed by atoms with Gasteiger partial charge < -0.3 is 4.74 Å². The van der Waals surface area contributed by atoms with E-state index in [9.17, 15) is 19.2 Å². The summed E-state index contributed by atoms with van der Waals surface area (Å²) in [6.07, 6.45) is 0. The lowest BCUT2D eigenvalue weighted by Crippen LogP contribution is -2.58. The van der Waals surface area contributed by atoms with Crippen molar-refractivity contribution in [3.63, 3.8) is 0 Å². The predicted octanol–water partition coefficient (Wildman–Crippen LogP) is 6.87. The molecular formula is C34H28N2O5S3. The molecule has 0 radical (unpaired) electrons. The highest BCUT2D eigenvalue weighted by Crippen LogP contribution is 2.58. The van der Waals surface area contributed by atoms with E-state index < -0.39 is 35.8 Å². The topological polar surface area (TPSA) is 84.0 Å². The summed E-state index contributed by atoms with van der Waals surface area (Å²) in [5.74, 6) is -1.81. The summed E-state index contributed by atoms with van der Waals surface area (Å²) in [5.41, 5.74) is 3.53. The van der Waals surface area contributed by atoms with Gasteiger partial charge in [-0.25, -0.2) is 4.79 Å². The molecular weight excluding hydrogens is 613 g/mol. The van der Waals surface area contributed by atoms with Crippen molar-refractivity contribution in [2.45, 2.75) is 33.2 Å². The number of aryl methyl sites for hydroxylation is 1. The number of esters is 1. The molecule has 7 nitrogen and oxygen atoms in total. The van der Waals surface area contributed by atoms with Gasteiger partial charge in [0, 0.05) is 16.0 Å². The van der Waals surface area contributed by atoms with Crippen LogP contribution in [0, 0.1) is 6.92 Å². The van der Waals surface area contributed by atoms with Gasteiger partial charge in [-0.05, 0) is 57.0 Å². The molecule has 0 unspecified atom stereocenters. The molecule has 44 heavy (non-hydrogen) atoms. The van der Waals surface area contributed by atoms with Crippen molar-refractivity contribution in [2.24, 2.45) is 0 Å². The minimum atomic E-state index is -1.01. The highest BCUT2D eigenvalue weighted by Gasteiger charge is 2.47. The Labute approximate surface area is 269 Å². The van der Waals surface area contributed by atoms with E-state index >= 15 is 0 Å². The summed E-state index contributed by atoms with van der Waals surface area (Å²) in [6, 6.07) is 22.1. The van der Waals surface area contributed by atoms with E-state index in [0.29, 0.717) is 15.5 Å². The van der Waals surface area contributed by atoms with E-state index in [0.717, 1.165) is 36.3 Å². The number of ether oxygens (including phenoxy) is 1. The lowest BCUT2D eigenvalue weighted by atomic mass is 9.83. The Bertz CT molecular complexity index is 1810. The average molecular weight is 641 g/mol. The number of carbonyl (C=O) groups is 4. The Morgan fingerprint density at radius 1 is 0.886 bits per heavy atom. The first-order valence-electron chi connectivity index (χ1n) is 14.1. The fourth-order valence-corrected chi connectivity index (χ4v) is 8.75. The Hall–Kier alpha value is -3.99. The molecule has 6 rings (SSSR count). The first kappa shape index (κ1) is 30.1. The lowest BCUT2D eigenvalue weighted by Gasteiger charge is -2.45. The average Bonchev–Trinajstić information content (AvgIpc) is 3.54. The molecule has 3 aromatic rings. The molecule has 0 bridgehead atoms. The molecule has 3 heterocycles. The van der Waals surface area contributed by atoms with Gasteiger partial charge in [-0.3, -0.25) is 24.2 Å². The van der Waals surface area contributed by atoms with Gasteiger partial charge in [0.1, 0.15) is 11.4 Å². The highest BCUT2D eigenvalue weighted by molar-refractivity contribution is 8.32. The van der Waals surface area contributed by atoms with Crippen LogP contribution in [0.2, 0.25) is 0 Å². The van der Waals surface area contributed by atoms with Crippen LogP contribution in [-0.4, -0.2) is 52.1 Å². The van der Waals surface area contributed by atoms with Crippen LogP contribution in [-0.2, 0) is 14.3 Å². The van der Waals surface area contributed by atoms with Gasteiger partial charge in [0.05, 0.1) is 38.1 Å². The molecule has 0 saturated heterocycles. The van der Waals surface area contributed by atoms with Crippen LogP contribution in [0.25, 0.3) is 10.5 Å². The van der Waals surface area contributed by atoms with E-state index in [2.05, 4.69) is 0 Å². The van der Waals surface area contributed by atoms with Crippen molar-refractivity contribution in [1.82, 2.24) is 4.90 Å². The minimum absolute atomic E-state index is 0.249. The quantitative estimate of drug-likeness (QED) is 0.129. The maximum atomic E-state index is 14.1. The number of hydrogen-bond acceptors (Lipinski definition) is 8. The molecule has 0 aliphatic carbocycles. The second-order valence-electron chi connectivity index (χ2n) is 11.0. The Balaban J connectivity index is 1.42. The molecule has 222 valence electrons. The molecule has 0 spiro atoms. The molecule has 0 saturated carbocycles. The number of nitrogens with zero attached hydrogens (tertiary/aromatic N) is 2. The number of thiocarbonyl (C=S) groups is 1. The van der Waals surface area contributed by atoms with E-state index in [1.165, 1.54) is 23.5 Å². The number of amides is 3. The summed E-state index contributed by atoms with van der Waals surface area (Å²) >= 11 is 8.94. The number of thioether (sulfide) groups is 2. The number of benzene rings is 3. The van der Waals surface area contributed by atoms with E-state index in [-0.39, 0.29) is 17.7 Å². The van der Waals surface area contributed by atoms with Crippen LogP contribution >= 0.6 is 35.7 Å². The van der Waals surface area contributed by atoms with Crippen molar-refractivity contribution in [1.29, 1.82) is 0 Å². The zero-order chi connectivity index (χ0) is 31.3. The molecule has 0 fully saturated rings. The molecule has 3 amide bonds. The van der Waals surface area contributed by atoms with Gasteiger partial charge in [0.15, 0.2) is 0 Å². The summed E-state index contributed by atoms with van der Waals surface area (Å²) in [5, 5.41) is 0. The molecule has 3 aliphatic rings. The normalized spacial score (nSPS) is 19.0. The van der Waals surface area contributed by atoms with Crippen LogP contribution in [0.15, 0.2) is 81.9 Å². The molecule has 10 heteroatoms. The van der Waals surface area contributed by atoms with E-state index in [1.54, 1.807) is 36.1 Å². The Morgan fingerprint density at radius 3 is 2.16 bits per heavy atom. The van der Waals surface area contributed by atoms with E-state index in [4.69, 9.17) is 17.0 Å². The van der Waals surface area contributed by atoms with Gasteiger partial charge in [-0.2, -0.15) is 0 Å². The van der Waals surface area contributed by atoms with Crippen molar-refractivity contribution >= 4 is 80.5 Å². The van der Waals surface area contributed by atoms with Crippen LogP contribution in [0.4, 0.5) is 5.69 Å². The smallest absolute Gasteiger partial charge is 0.346 e. The monoisotopic (exact) mass is 640 g/mol. The molecule has 0 atom stereocenters. The second-order valence-corrected chi connectivity index (χ2v) is 13.7. The van der Waals surface area contributed by atoms with Gasteiger partial charge in [0.2, 0.25) is 5.91 Å². The zero-order valence-electron chi connectivity index (χ0n) is 24.5. The largest absolute Gasteiger partial charge is 0.462 e. The fraction of sp³-hybridized carbons (Fsp3) is 0.206. The third-order valence-corrected chi connectivity index (χ3v) is 11.1. The van der Waals surface area contributed by atoms with Crippen molar-refractivity contribution in [3.05, 3.63) is 110 Å². The Morgan fingerprint density at radius 2 is 1.52 bits per heavy atom. The maximum Gasteiger partial charge on any atom is 0.346 e. The third kappa shape index (κ3) is 4.91. The molecule has 3 aliphatic heterocycles. The molecule has 0 N–H and O–H groups in total. The Kier molecular flexibility index (Phi) is 7.85. The number of carbonyl (C=O) groups excluding carboxylic acids is 4. The van der Waals surface area contributed by atoms with Crippen LogP contribution in [0.1, 0.15) is 58.2 Å². The molecule has 3 aromatic carbocycles. The maximum absolute atomic E-state index is 14.1. The summed E-state index contributed by atoms with van der Waals surface area (Å²) in [4.78, 5) is 57.9. The summed E-state index contributed by atoms with van der Waals surface area (Å²) in [7, 11) is 0. The van der Waals surface area contributed by atoms with E-state index in [1.807, 2.05) is 69.3 Å². The van der Waals surface area contributed by atoms with Crippen molar-refractivity contribution in [2.75, 3.05) is 18.1 Å². The predicted molar refractivity (Wildman–Crippen MR) is 179 cm³/mol. The zero-order valence-corrected chi connectivity index (χ0v) is 27.0. The van der Waals surface area contributed by atoms with Crippen molar-refractivity contribution < 1.29 is 23.9 Å². The van der Waals surface area contributed by atoms with Gasteiger partial charge in [0.25, 0.3) is 11.8 Å². The summed E-state index contributed by atoms with van der Waals surface area (Å²) in [6.45, 7) is 7.27.